The number of methoxy groups -OCH3 is 2. The molecule has 106 valence electrons. The Hall–Kier alpha value is -1.94. The van der Waals surface area contributed by atoms with Gasteiger partial charge in [0.25, 0.3) is 0 Å². The second kappa shape index (κ2) is 6.48. The molecule has 2 rings (SSSR count). The van der Waals surface area contributed by atoms with Crippen LogP contribution in [-0.2, 0) is 6.54 Å². The van der Waals surface area contributed by atoms with Crippen molar-refractivity contribution in [2.45, 2.75) is 6.54 Å². The second-order valence-corrected chi connectivity index (χ2v) is 4.58. The molecule has 0 fully saturated rings. The summed E-state index contributed by atoms with van der Waals surface area (Å²) in [5.41, 5.74) is 1.19. The Labute approximate surface area is 122 Å². The van der Waals surface area contributed by atoms with Gasteiger partial charge in [-0.15, -0.1) is 0 Å². The molecule has 0 heterocycles. The van der Waals surface area contributed by atoms with Gasteiger partial charge in [0.15, 0.2) is 0 Å². The summed E-state index contributed by atoms with van der Waals surface area (Å²) in [7, 11) is 3.17. The van der Waals surface area contributed by atoms with E-state index in [2.05, 4.69) is 5.32 Å². The average Bonchev–Trinajstić information content (AvgIpc) is 2.46. The Morgan fingerprint density at radius 2 is 1.75 bits per heavy atom. The monoisotopic (exact) mass is 295 g/mol. The first-order valence-corrected chi connectivity index (χ1v) is 6.41. The van der Waals surface area contributed by atoms with Gasteiger partial charge in [-0.3, -0.25) is 0 Å². The molecule has 3 nitrogen and oxygen atoms in total. The van der Waals surface area contributed by atoms with Crippen molar-refractivity contribution in [1.29, 1.82) is 0 Å². The fraction of sp³-hybridized carbons (Fsp3) is 0.200. The van der Waals surface area contributed by atoms with Gasteiger partial charge in [0.2, 0.25) is 0 Å². The van der Waals surface area contributed by atoms with E-state index in [9.17, 15) is 4.39 Å². The van der Waals surface area contributed by atoms with E-state index in [1.54, 1.807) is 32.4 Å². The van der Waals surface area contributed by atoms with E-state index in [0.29, 0.717) is 23.1 Å². The first kappa shape index (κ1) is 14.5. The minimum atomic E-state index is -0.382. The van der Waals surface area contributed by atoms with Crippen molar-refractivity contribution in [2.24, 2.45) is 0 Å². The molecule has 2 aromatic carbocycles. The predicted molar refractivity (Wildman–Crippen MR) is 78.3 cm³/mol. The number of benzene rings is 2. The van der Waals surface area contributed by atoms with Crippen LogP contribution in [0.3, 0.4) is 0 Å². The number of para-hydroxylation sites is 1. The molecule has 0 aliphatic carbocycles. The standard InChI is InChI=1S/C15H15ClFNO2/c1-19-11-6-10(7-12(8-11)20-2)9-18-15-13(16)4-3-5-14(15)17/h3-8,18H,9H2,1-2H3. The van der Waals surface area contributed by atoms with E-state index >= 15 is 0 Å². The number of ether oxygens (including phenoxy) is 2. The largest absolute Gasteiger partial charge is 0.497 e. The molecule has 0 saturated carbocycles. The summed E-state index contributed by atoms with van der Waals surface area (Å²) in [5, 5.41) is 3.33. The van der Waals surface area contributed by atoms with Crippen LogP contribution in [0.1, 0.15) is 5.56 Å². The molecule has 0 saturated heterocycles. The van der Waals surface area contributed by atoms with E-state index in [0.717, 1.165) is 5.56 Å². The molecule has 5 heteroatoms. The fourth-order valence-corrected chi connectivity index (χ4v) is 2.06. The zero-order chi connectivity index (χ0) is 14.5. The normalized spacial score (nSPS) is 10.2. The van der Waals surface area contributed by atoms with Gasteiger partial charge in [-0.2, -0.15) is 0 Å². The lowest BCUT2D eigenvalue weighted by atomic mass is 10.2. The third kappa shape index (κ3) is 3.33. The first-order valence-electron chi connectivity index (χ1n) is 6.04. The van der Waals surface area contributed by atoms with Crippen LogP contribution in [0.5, 0.6) is 11.5 Å². The van der Waals surface area contributed by atoms with Crippen LogP contribution in [-0.4, -0.2) is 14.2 Å². The minimum absolute atomic E-state index is 0.288. The summed E-state index contributed by atoms with van der Waals surface area (Å²) < 4.78 is 24.0. The van der Waals surface area contributed by atoms with E-state index < -0.39 is 0 Å². The highest BCUT2D eigenvalue weighted by molar-refractivity contribution is 6.33. The molecule has 0 atom stereocenters. The van der Waals surface area contributed by atoms with Crippen LogP contribution in [0.25, 0.3) is 0 Å². The summed E-state index contributed by atoms with van der Waals surface area (Å²) >= 11 is 5.96. The third-order valence-corrected chi connectivity index (χ3v) is 3.16. The van der Waals surface area contributed by atoms with Gasteiger partial charge >= 0.3 is 0 Å². The number of nitrogens with one attached hydrogen (secondary N) is 1. The Kier molecular flexibility index (Phi) is 4.69. The van der Waals surface area contributed by atoms with Gasteiger partial charge < -0.3 is 14.8 Å². The van der Waals surface area contributed by atoms with Crippen LogP contribution in [0, 0.1) is 5.82 Å². The number of rotatable bonds is 5. The van der Waals surface area contributed by atoms with Crippen LogP contribution >= 0.6 is 11.6 Å². The first-order chi connectivity index (χ1) is 9.63. The van der Waals surface area contributed by atoms with Crippen molar-refractivity contribution < 1.29 is 13.9 Å². The molecule has 20 heavy (non-hydrogen) atoms. The van der Waals surface area contributed by atoms with Gasteiger partial charge in [0.05, 0.1) is 24.9 Å². The summed E-state index contributed by atoms with van der Waals surface area (Å²) in [6.07, 6.45) is 0. The maximum Gasteiger partial charge on any atom is 0.147 e. The zero-order valence-corrected chi connectivity index (χ0v) is 12.0. The maximum atomic E-state index is 13.6. The molecule has 0 aromatic heterocycles. The fourth-order valence-electron chi connectivity index (χ4n) is 1.83. The highest BCUT2D eigenvalue weighted by Gasteiger charge is 2.07. The van der Waals surface area contributed by atoms with Crippen molar-refractivity contribution >= 4 is 17.3 Å². The highest BCUT2D eigenvalue weighted by Crippen LogP contribution is 2.27. The molecule has 2 aromatic rings. The van der Waals surface area contributed by atoms with Crippen LogP contribution in [0.4, 0.5) is 10.1 Å². The highest BCUT2D eigenvalue weighted by atomic mass is 35.5. The predicted octanol–water partition coefficient (Wildman–Crippen LogP) is 4.11. The Morgan fingerprint density at radius 3 is 2.30 bits per heavy atom. The summed E-state index contributed by atoms with van der Waals surface area (Å²) in [4.78, 5) is 0. The zero-order valence-electron chi connectivity index (χ0n) is 11.2. The molecule has 0 bridgehead atoms. The lowest BCUT2D eigenvalue weighted by Gasteiger charge is -2.12. The van der Waals surface area contributed by atoms with Crippen molar-refractivity contribution in [1.82, 2.24) is 0 Å². The van der Waals surface area contributed by atoms with E-state index in [1.165, 1.54) is 6.07 Å². The van der Waals surface area contributed by atoms with Crippen LogP contribution in [0.15, 0.2) is 36.4 Å². The van der Waals surface area contributed by atoms with Crippen LogP contribution in [0.2, 0.25) is 5.02 Å². The van der Waals surface area contributed by atoms with Gasteiger partial charge in [0.1, 0.15) is 17.3 Å². The van der Waals surface area contributed by atoms with Crippen molar-refractivity contribution in [2.75, 3.05) is 19.5 Å². The SMILES string of the molecule is COc1cc(CNc2c(F)cccc2Cl)cc(OC)c1. The summed E-state index contributed by atoms with van der Waals surface area (Å²) in [6, 6.07) is 10.0. The molecule has 1 N–H and O–H groups in total. The topological polar surface area (TPSA) is 30.5 Å². The van der Waals surface area contributed by atoms with E-state index in [1.807, 2.05) is 12.1 Å². The minimum Gasteiger partial charge on any atom is -0.497 e. The summed E-state index contributed by atoms with van der Waals surface area (Å²) in [5.74, 6) is 0.980. The lowest BCUT2D eigenvalue weighted by molar-refractivity contribution is 0.393. The van der Waals surface area contributed by atoms with Gasteiger partial charge in [-0.25, -0.2) is 4.39 Å². The van der Waals surface area contributed by atoms with E-state index in [-0.39, 0.29) is 11.5 Å². The van der Waals surface area contributed by atoms with Gasteiger partial charge in [-0.05, 0) is 29.8 Å². The molecule has 0 unspecified atom stereocenters. The Balaban J connectivity index is 2.18. The molecule has 0 radical (unpaired) electrons. The maximum absolute atomic E-state index is 13.6. The van der Waals surface area contributed by atoms with Crippen LogP contribution < -0.4 is 14.8 Å². The molecule has 0 spiro atoms. The lowest BCUT2D eigenvalue weighted by Crippen LogP contribution is -2.03. The second-order valence-electron chi connectivity index (χ2n) is 4.17. The summed E-state index contributed by atoms with van der Waals surface area (Å²) in [6.45, 7) is 0.411. The average molecular weight is 296 g/mol. The molecule has 0 amide bonds. The third-order valence-electron chi connectivity index (χ3n) is 2.84. The van der Waals surface area contributed by atoms with E-state index in [4.69, 9.17) is 21.1 Å². The molecular weight excluding hydrogens is 281 g/mol. The molecular formula is C15H15ClFNO2. The van der Waals surface area contributed by atoms with Crippen molar-refractivity contribution in [3.05, 3.63) is 52.8 Å². The smallest absolute Gasteiger partial charge is 0.147 e. The number of anilines is 1. The van der Waals surface area contributed by atoms with Crippen molar-refractivity contribution in [3.8, 4) is 11.5 Å². The number of halogens is 2. The van der Waals surface area contributed by atoms with Gasteiger partial charge in [-0.1, -0.05) is 17.7 Å². The Morgan fingerprint density at radius 1 is 1.10 bits per heavy atom. The molecule has 0 aliphatic heterocycles. The number of hydrogen-bond donors (Lipinski definition) is 1. The van der Waals surface area contributed by atoms with Gasteiger partial charge in [0, 0.05) is 12.6 Å². The quantitative estimate of drug-likeness (QED) is 0.900. The molecule has 0 aliphatic rings. The number of hydrogen-bond acceptors (Lipinski definition) is 3. The van der Waals surface area contributed by atoms with Crippen molar-refractivity contribution in [3.63, 3.8) is 0 Å². The Bertz CT molecular complexity index is 562.